The van der Waals surface area contributed by atoms with Crippen LogP contribution in [0.15, 0.2) is 34.3 Å². The monoisotopic (exact) mass is 272 g/mol. The van der Waals surface area contributed by atoms with Gasteiger partial charge in [-0.3, -0.25) is 0 Å². The van der Waals surface area contributed by atoms with Gasteiger partial charge < -0.3 is 17.2 Å². The Morgan fingerprint density at radius 1 is 1.11 bits per heavy atom. The molecular weight excluding hydrogens is 260 g/mol. The normalized spacial score (nSPS) is 10.1. The lowest BCUT2D eigenvalue weighted by Gasteiger charge is -2.06. The Bertz CT molecular complexity index is 629. The van der Waals surface area contributed by atoms with Gasteiger partial charge >= 0.3 is 0 Å². The molecule has 0 spiro atoms. The molecule has 1 heterocycles. The van der Waals surface area contributed by atoms with E-state index < -0.39 is 0 Å². The van der Waals surface area contributed by atoms with Gasteiger partial charge in [0.05, 0.1) is 12.5 Å². The first-order valence-corrected chi connectivity index (χ1v) is 6.23. The van der Waals surface area contributed by atoms with Gasteiger partial charge in [-0.1, -0.05) is 0 Å². The number of aromatic nitrogens is 2. The van der Waals surface area contributed by atoms with Crippen molar-refractivity contribution in [2.45, 2.75) is 16.5 Å². The Morgan fingerprint density at radius 3 is 2.42 bits per heavy atom. The number of benzene rings is 1. The van der Waals surface area contributed by atoms with Gasteiger partial charge in [0.25, 0.3) is 0 Å². The lowest BCUT2D eigenvalue weighted by molar-refractivity contribution is 0.984. The third kappa shape index (κ3) is 3.26. The van der Waals surface area contributed by atoms with Gasteiger partial charge in [0.1, 0.15) is 11.6 Å². The van der Waals surface area contributed by atoms with E-state index in [4.69, 9.17) is 22.5 Å². The molecule has 0 aliphatic carbocycles. The van der Waals surface area contributed by atoms with Crippen LogP contribution in [0, 0.1) is 11.3 Å². The van der Waals surface area contributed by atoms with Crippen LogP contribution in [-0.4, -0.2) is 9.97 Å². The Morgan fingerprint density at radius 2 is 1.79 bits per heavy atom. The summed E-state index contributed by atoms with van der Waals surface area (Å²) in [5.74, 6) is 0.644. The number of nitriles is 1. The molecule has 2 aromatic rings. The van der Waals surface area contributed by atoms with Crippen molar-refractivity contribution in [2.75, 3.05) is 17.2 Å². The van der Waals surface area contributed by atoms with Crippen molar-refractivity contribution < 1.29 is 0 Å². The van der Waals surface area contributed by atoms with Gasteiger partial charge in [0.15, 0.2) is 5.16 Å². The van der Waals surface area contributed by atoms with Crippen LogP contribution in [0.5, 0.6) is 0 Å². The Kier molecular flexibility index (Phi) is 3.73. The molecule has 0 unspecified atom stereocenters. The van der Waals surface area contributed by atoms with Gasteiger partial charge in [-0.25, -0.2) is 9.97 Å². The van der Waals surface area contributed by atoms with E-state index in [0.29, 0.717) is 22.5 Å². The van der Waals surface area contributed by atoms with E-state index in [2.05, 4.69) is 16.0 Å². The highest BCUT2D eigenvalue weighted by Gasteiger charge is 2.06. The van der Waals surface area contributed by atoms with E-state index in [-0.39, 0.29) is 6.42 Å². The molecule has 1 aromatic carbocycles. The number of anilines is 3. The molecule has 0 atom stereocenters. The van der Waals surface area contributed by atoms with E-state index in [1.807, 2.05) is 12.1 Å². The third-order valence-corrected chi connectivity index (χ3v) is 3.19. The molecular formula is C12H12N6S. The number of nitrogens with zero attached hydrogens (tertiary/aromatic N) is 3. The highest BCUT2D eigenvalue weighted by Crippen LogP contribution is 2.28. The minimum Gasteiger partial charge on any atom is -0.398 e. The van der Waals surface area contributed by atoms with Crippen LogP contribution < -0.4 is 17.2 Å². The standard InChI is InChI=1S/C12H12N6S/c13-4-3-7-5-8(1-2-9(7)14)19-12-17-10(15)6-11(16)18-12/h1-2,5-6H,3,14H2,(H4,15,16,17,18). The largest absolute Gasteiger partial charge is 0.398 e. The first-order chi connectivity index (χ1) is 9.08. The average molecular weight is 272 g/mol. The molecule has 6 N–H and O–H groups in total. The molecule has 0 radical (unpaired) electrons. The maximum atomic E-state index is 8.73. The zero-order valence-electron chi connectivity index (χ0n) is 10.00. The first-order valence-electron chi connectivity index (χ1n) is 5.41. The van der Waals surface area contributed by atoms with Crippen LogP contribution in [0.2, 0.25) is 0 Å². The predicted octanol–water partition coefficient (Wildman–Crippen LogP) is 1.44. The third-order valence-electron chi connectivity index (χ3n) is 2.34. The molecule has 2 rings (SSSR count). The highest BCUT2D eigenvalue weighted by atomic mass is 32.2. The minimum atomic E-state index is 0.264. The number of nitrogens with two attached hydrogens (primary N) is 3. The zero-order valence-corrected chi connectivity index (χ0v) is 10.8. The lowest BCUT2D eigenvalue weighted by atomic mass is 10.1. The minimum absolute atomic E-state index is 0.264. The molecule has 19 heavy (non-hydrogen) atoms. The predicted molar refractivity (Wildman–Crippen MR) is 75.2 cm³/mol. The van der Waals surface area contributed by atoms with E-state index >= 15 is 0 Å². The van der Waals surface area contributed by atoms with Crippen molar-refractivity contribution in [1.82, 2.24) is 9.97 Å². The van der Waals surface area contributed by atoms with E-state index in [0.717, 1.165) is 10.5 Å². The van der Waals surface area contributed by atoms with Crippen molar-refractivity contribution >= 4 is 29.1 Å². The summed E-state index contributed by atoms with van der Waals surface area (Å²) in [4.78, 5) is 9.04. The van der Waals surface area contributed by atoms with Crippen molar-refractivity contribution in [1.29, 1.82) is 5.26 Å². The fourth-order valence-corrected chi connectivity index (χ4v) is 2.35. The lowest BCUT2D eigenvalue weighted by Crippen LogP contribution is -1.99. The molecule has 6 nitrogen and oxygen atoms in total. The number of hydrogen-bond acceptors (Lipinski definition) is 7. The second kappa shape index (κ2) is 5.46. The second-order valence-corrected chi connectivity index (χ2v) is 4.84. The van der Waals surface area contributed by atoms with Crippen molar-refractivity contribution in [3.8, 4) is 6.07 Å². The van der Waals surface area contributed by atoms with E-state index in [9.17, 15) is 0 Å². The molecule has 0 bridgehead atoms. The van der Waals surface area contributed by atoms with Crippen LogP contribution in [0.1, 0.15) is 5.56 Å². The van der Waals surface area contributed by atoms with Gasteiger partial charge in [-0.15, -0.1) is 0 Å². The second-order valence-electron chi connectivity index (χ2n) is 3.80. The number of hydrogen-bond donors (Lipinski definition) is 3. The smallest absolute Gasteiger partial charge is 0.196 e. The average Bonchev–Trinajstić information content (AvgIpc) is 2.32. The van der Waals surface area contributed by atoms with Gasteiger partial charge in [-0.2, -0.15) is 5.26 Å². The maximum absolute atomic E-state index is 8.73. The van der Waals surface area contributed by atoms with Crippen LogP contribution >= 0.6 is 11.8 Å². The fourth-order valence-electron chi connectivity index (χ4n) is 1.50. The maximum Gasteiger partial charge on any atom is 0.196 e. The van der Waals surface area contributed by atoms with Gasteiger partial charge in [0.2, 0.25) is 0 Å². The van der Waals surface area contributed by atoms with Crippen LogP contribution in [0.3, 0.4) is 0 Å². The molecule has 0 saturated carbocycles. The Hall–Kier alpha value is -2.46. The summed E-state index contributed by atoms with van der Waals surface area (Å²) in [5, 5.41) is 9.19. The Balaban J connectivity index is 2.28. The fraction of sp³-hybridized carbons (Fsp3) is 0.0833. The molecule has 1 aromatic heterocycles. The molecule has 0 saturated heterocycles. The summed E-state index contributed by atoms with van der Waals surface area (Å²) >= 11 is 1.32. The van der Waals surface area contributed by atoms with Crippen LogP contribution in [0.25, 0.3) is 0 Å². The highest BCUT2D eigenvalue weighted by molar-refractivity contribution is 7.99. The molecule has 0 amide bonds. The SMILES string of the molecule is N#CCc1cc(Sc2nc(N)cc(N)n2)ccc1N. The van der Waals surface area contributed by atoms with E-state index in [1.165, 1.54) is 17.8 Å². The van der Waals surface area contributed by atoms with Crippen molar-refractivity contribution in [3.63, 3.8) is 0 Å². The quantitative estimate of drug-likeness (QED) is 0.569. The zero-order chi connectivity index (χ0) is 13.8. The van der Waals surface area contributed by atoms with Gasteiger partial charge in [-0.05, 0) is 35.5 Å². The summed E-state index contributed by atoms with van der Waals surface area (Å²) in [6, 6.07) is 9.00. The molecule has 7 heteroatoms. The molecule has 96 valence electrons. The summed E-state index contributed by atoms with van der Waals surface area (Å²) < 4.78 is 0. The number of nitrogen functional groups attached to an aromatic ring is 3. The topological polar surface area (TPSA) is 128 Å². The summed E-state index contributed by atoms with van der Waals surface area (Å²) in [7, 11) is 0. The molecule has 0 aliphatic rings. The Labute approximate surface area is 114 Å². The van der Waals surface area contributed by atoms with E-state index in [1.54, 1.807) is 6.07 Å². The van der Waals surface area contributed by atoms with Gasteiger partial charge in [0, 0.05) is 16.6 Å². The molecule has 0 aliphatic heterocycles. The molecule has 0 fully saturated rings. The van der Waals surface area contributed by atoms with Crippen LogP contribution in [0.4, 0.5) is 17.3 Å². The van der Waals surface area contributed by atoms with Crippen molar-refractivity contribution in [3.05, 3.63) is 29.8 Å². The summed E-state index contributed by atoms with van der Waals surface area (Å²) in [6.45, 7) is 0. The summed E-state index contributed by atoms with van der Waals surface area (Å²) in [6.07, 6.45) is 0.264. The number of rotatable bonds is 3. The summed E-state index contributed by atoms with van der Waals surface area (Å²) in [5.41, 5.74) is 18.4. The van der Waals surface area contributed by atoms with Crippen LogP contribution in [-0.2, 0) is 6.42 Å². The van der Waals surface area contributed by atoms with Crippen molar-refractivity contribution in [2.24, 2.45) is 0 Å². The first kappa shape index (κ1) is 13.0.